The number of ether oxygens (including phenoxy) is 1. The number of benzene rings is 2. The summed E-state index contributed by atoms with van der Waals surface area (Å²) in [6, 6.07) is 15.4. The Labute approximate surface area is 216 Å². The van der Waals surface area contributed by atoms with Gasteiger partial charge in [-0.15, -0.1) is 0 Å². The molecule has 0 bridgehead atoms. The van der Waals surface area contributed by atoms with Gasteiger partial charge in [-0.05, 0) is 36.8 Å². The zero-order chi connectivity index (χ0) is 25.5. The number of hydrogen-bond donors (Lipinski definition) is 1. The average molecular weight is 510 g/mol. The van der Waals surface area contributed by atoms with E-state index in [0.29, 0.717) is 49.4 Å². The predicted octanol–water partition coefficient (Wildman–Crippen LogP) is 4.01. The van der Waals surface area contributed by atoms with Gasteiger partial charge in [-0.25, -0.2) is 4.98 Å². The van der Waals surface area contributed by atoms with Crippen molar-refractivity contribution in [3.8, 4) is 16.9 Å². The second kappa shape index (κ2) is 12.2. The van der Waals surface area contributed by atoms with E-state index in [9.17, 15) is 9.59 Å². The lowest BCUT2D eigenvalue weighted by molar-refractivity contribution is -0.134. The molecule has 1 aromatic heterocycles. The maximum Gasteiger partial charge on any atom is 0.246 e. The van der Waals surface area contributed by atoms with Gasteiger partial charge < -0.3 is 9.64 Å². The SMILES string of the molecule is CCC(=O)N(CCN1CCOCC1)CC(=O)Nc1nc(-c2ccc(Cl)cc2)cn1-c1cccc(C)c1. The Balaban J connectivity index is 1.53. The topological polar surface area (TPSA) is 79.7 Å². The first kappa shape index (κ1) is 25.9. The number of carbonyl (C=O) groups is 2. The summed E-state index contributed by atoms with van der Waals surface area (Å²) in [5, 5.41) is 3.58. The highest BCUT2D eigenvalue weighted by molar-refractivity contribution is 6.30. The summed E-state index contributed by atoms with van der Waals surface area (Å²) >= 11 is 6.05. The van der Waals surface area contributed by atoms with Gasteiger partial charge in [0.2, 0.25) is 17.8 Å². The maximum absolute atomic E-state index is 13.1. The van der Waals surface area contributed by atoms with Gasteiger partial charge >= 0.3 is 0 Å². The van der Waals surface area contributed by atoms with Crippen molar-refractivity contribution in [3.63, 3.8) is 0 Å². The smallest absolute Gasteiger partial charge is 0.246 e. The largest absolute Gasteiger partial charge is 0.379 e. The van der Waals surface area contributed by atoms with Gasteiger partial charge in [0.1, 0.15) is 0 Å². The van der Waals surface area contributed by atoms with Crippen molar-refractivity contribution < 1.29 is 14.3 Å². The Bertz CT molecular complexity index is 1190. The molecule has 9 heteroatoms. The quantitative estimate of drug-likeness (QED) is 0.471. The number of aryl methyl sites for hydroxylation is 1. The van der Waals surface area contributed by atoms with Gasteiger partial charge in [0.05, 0.1) is 25.5 Å². The first-order valence-electron chi connectivity index (χ1n) is 12.2. The highest BCUT2D eigenvalue weighted by Crippen LogP contribution is 2.26. The number of anilines is 1. The van der Waals surface area contributed by atoms with Crippen molar-refractivity contribution in [2.45, 2.75) is 20.3 Å². The molecule has 1 aliphatic heterocycles. The molecule has 0 aliphatic carbocycles. The van der Waals surface area contributed by atoms with E-state index in [1.165, 1.54) is 0 Å². The van der Waals surface area contributed by atoms with Crippen LogP contribution in [0.3, 0.4) is 0 Å². The van der Waals surface area contributed by atoms with Crippen LogP contribution in [-0.4, -0.2) is 77.1 Å². The Kier molecular flexibility index (Phi) is 8.74. The average Bonchev–Trinajstić information content (AvgIpc) is 3.30. The molecule has 1 aliphatic rings. The molecule has 0 unspecified atom stereocenters. The first-order chi connectivity index (χ1) is 17.4. The van der Waals surface area contributed by atoms with E-state index in [4.69, 9.17) is 21.3 Å². The fourth-order valence-corrected chi connectivity index (χ4v) is 4.27. The Morgan fingerprint density at radius 3 is 2.58 bits per heavy atom. The Morgan fingerprint density at radius 2 is 1.89 bits per heavy atom. The number of nitrogens with one attached hydrogen (secondary N) is 1. The van der Waals surface area contributed by atoms with Crippen molar-refractivity contribution >= 4 is 29.4 Å². The standard InChI is InChI=1S/C27H32ClN5O3/c1-3-26(35)32(12-11-31-13-15-36-16-14-31)19-25(34)30-27-29-24(21-7-9-22(28)10-8-21)18-33(27)23-6-4-5-20(2)17-23/h4-10,17-18H,3,11-16,19H2,1-2H3,(H,29,30,34). The minimum Gasteiger partial charge on any atom is -0.379 e. The third-order valence-electron chi connectivity index (χ3n) is 6.16. The van der Waals surface area contributed by atoms with Gasteiger partial charge in [-0.3, -0.25) is 24.4 Å². The number of imidazole rings is 1. The van der Waals surface area contributed by atoms with Crippen LogP contribution in [0.25, 0.3) is 16.9 Å². The number of carbonyl (C=O) groups excluding carboxylic acids is 2. The monoisotopic (exact) mass is 509 g/mol. The number of nitrogens with zero attached hydrogens (tertiary/aromatic N) is 4. The normalized spacial score (nSPS) is 14.0. The predicted molar refractivity (Wildman–Crippen MR) is 142 cm³/mol. The Hall–Kier alpha value is -3.20. The van der Waals surface area contributed by atoms with E-state index in [0.717, 1.165) is 29.9 Å². The van der Waals surface area contributed by atoms with Crippen LogP contribution in [0.1, 0.15) is 18.9 Å². The molecule has 1 saturated heterocycles. The molecule has 2 amide bonds. The van der Waals surface area contributed by atoms with Crippen molar-refractivity contribution in [1.82, 2.24) is 19.4 Å². The zero-order valence-electron chi connectivity index (χ0n) is 20.7. The second-order valence-corrected chi connectivity index (χ2v) is 9.27. The molecule has 3 aromatic rings. The molecule has 1 N–H and O–H groups in total. The van der Waals surface area contributed by atoms with E-state index < -0.39 is 0 Å². The molecular formula is C27H32ClN5O3. The van der Waals surface area contributed by atoms with Gasteiger partial charge in [0.15, 0.2) is 0 Å². The van der Waals surface area contributed by atoms with Crippen LogP contribution in [-0.2, 0) is 14.3 Å². The van der Waals surface area contributed by atoms with Gasteiger partial charge in [-0.1, -0.05) is 42.8 Å². The number of morpholine rings is 1. The number of halogens is 1. The van der Waals surface area contributed by atoms with Crippen LogP contribution in [0.5, 0.6) is 0 Å². The molecule has 2 heterocycles. The summed E-state index contributed by atoms with van der Waals surface area (Å²) < 4.78 is 7.25. The Morgan fingerprint density at radius 1 is 1.14 bits per heavy atom. The van der Waals surface area contributed by atoms with Crippen molar-refractivity contribution in [1.29, 1.82) is 0 Å². The molecule has 2 aromatic carbocycles. The lowest BCUT2D eigenvalue weighted by Gasteiger charge is -2.29. The van der Waals surface area contributed by atoms with Crippen LogP contribution < -0.4 is 5.32 Å². The highest BCUT2D eigenvalue weighted by atomic mass is 35.5. The van der Waals surface area contributed by atoms with Crippen LogP contribution >= 0.6 is 11.6 Å². The van der Waals surface area contributed by atoms with Crippen molar-refractivity contribution in [2.24, 2.45) is 0 Å². The van der Waals surface area contributed by atoms with Crippen LogP contribution in [0.2, 0.25) is 5.02 Å². The van der Waals surface area contributed by atoms with Crippen LogP contribution in [0.4, 0.5) is 5.95 Å². The molecule has 0 radical (unpaired) electrons. The fourth-order valence-electron chi connectivity index (χ4n) is 4.14. The molecule has 190 valence electrons. The van der Waals surface area contributed by atoms with E-state index in [1.54, 1.807) is 4.90 Å². The van der Waals surface area contributed by atoms with E-state index >= 15 is 0 Å². The van der Waals surface area contributed by atoms with Crippen molar-refractivity contribution in [3.05, 3.63) is 65.3 Å². The number of aromatic nitrogens is 2. The molecule has 1 fully saturated rings. The maximum atomic E-state index is 13.1. The lowest BCUT2D eigenvalue weighted by Crippen LogP contribution is -2.45. The minimum atomic E-state index is -0.291. The fraction of sp³-hybridized carbons (Fsp3) is 0.370. The van der Waals surface area contributed by atoms with Gasteiger partial charge in [0.25, 0.3) is 0 Å². The van der Waals surface area contributed by atoms with Crippen molar-refractivity contribution in [2.75, 3.05) is 51.3 Å². The van der Waals surface area contributed by atoms with Crippen LogP contribution in [0, 0.1) is 6.92 Å². The molecule has 8 nitrogen and oxygen atoms in total. The molecule has 0 atom stereocenters. The summed E-state index contributed by atoms with van der Waals surface area (Å²) in [5.74, 6) is 0.0517. The van der Waals surface area contributed by atoms with E-state index in [-0.39, 0.29) is 18.4 Å². The number of rotatable bonds is 9. The summed E-state index contributed by atoms with van der Waals surface area (Å²) in [4.78, 5) is 34.3. The molecule has 4 rings (SSSR count). The zero-order valence-corrected chi connectivity index (χ0v) is 21.5. The van der Waals surface area contributed by atoms with E-state index in [2.05, 4.69) is 10.2 Å². The van der Waals surface area contributed by atoms with Crippen LogP contribution in [0.15, 0.2) is 54.7 Å². The third kappa shape index (κ3) is 6.72. The third-order valence-corrected chi connectivity index (χ3v) is 6.41. The van der Waals surface area contributed by atoms with Gasteiger partial charge in [-0.2, -0.15) is 0 Å². The summed E-state index contributed by atoms with van der Waals surface area (Å²) in [6.45, 7) is 8.05. The molecular weight excluding hydrogens is 478 g/mol. The summed E-state index contributed by atoms with van der Waals surface area (Å²) in [6.07, 6.45) is 2.23. The lowest BCUT2D eigenvalue weighted by atomic mass is 10.2. The molecule has 0 spiro atoms. The summed E-state index contributed by atoms with van der Waals surface area (Å²) in [5.41, 5.74) is 3.56. The molecule has 0 saturated carbocycles. The summed E-state index contributed by atoms with van der Waals surface area (Å²) in [7, 11) is 0. The molecule has 36 heavy (non-hydrogen) atoms. The van der Waals surface area contributed by atoms with Gasteiger partial charge in [0, 0.05) is 55.1 Å². The number of amides is 2. The van der Waals surface area contributed by atoms with E-state index in [1.807, 2.05) is 73.1 Å². The first-order valence-corrected chi connectivity index (χ1v) is 12.6. The minimum absolute atomic E-state index is 0.0338. The second-order valence-electron chi connectivity index (χ2n) is 8.84. The highest BCUT2D eigenvalue weighted by Gasteiger charge is 2.20. The number of hydrogen-bond acceptors (Lipinski definition) is 5.